The lowest BCUT2D eigenvalue weighted by Crippen LogP contribution is -2.19. The monoisotopic (exact) mass is 611 g/mol. The van der Waals surface area contributed by atoms with Crippen LogP contribution >= 0.6 is 11.8 Å². The fourth-order valence-electron chi connectivity index (χ4n) is 4.78. The van der Waals surface area contributed by atoms with Crippen LogP contribution in [-0.2, 0) is 24.6 Å². The Bertz CT molecular complexity index is 1720. The smallest absolute Gasteiger partial charge is 0.250 e. The van der Waals surface area contributed by atoms with Gasteiger partial charge in [0.25, 0.3) is 5.56 Å². The number of rotatable bonds is 14. The number of aromatic nitrogens is 3. The minimum atomic E-state index is -0.721. The summed E-state index contributed by atoms with van der Waals surface area (Å²) in [6, 6.07) is 30.6. The van der Waals surface area contributed by atoms with Gasteiger partial charge in [-0.1, -0.05) is 78.5 Å². The Hall–Kier alpha value is -4.47. The van der Waals surface area contributed by atoms with Crippen molar-refractivity contribution in [2.75, 3.05) is 20.0 Å². The molecule has 0 saturated heterocycles. The van der Waals surface area contributed by atoms with E-state index in [-0.39, 0.29) is 17.4 Å². The Labute approximate surface area is 260 Å². The van der Waals surface area contributed by atoms with Crippen molar-refractivity contribution in [3.63, 3.8) is 0 Å². The highest BCUT2D eigenvalue weighted by molar-refractivity contribution is 7.99. The summed E-state index contributed by atoms with van der Waals surface area (Å²) in [5.74, 6) is 1.86. The lowest BCUT2D eigenvalue weighted by atomic mass is 10.1. The summed E-state index contributed by atoms with van der Waals surface area (Å²) in [5, 5.41) is 0.475. The lowest BCUT2D eigenvalue weighted by molar-refractivity contribution is 0.0379. The lowest BCUT2D eigenvalue weighted by Gasteiger charge is -2.18. The van der Waals surface area contributed by atoms with Gasteiger partial charge in [-0.3, -0.25) is 4.79 Å². The second-order valence-electron chi connectivity index (χ2n) is 10.1. The van der Waals surface area contributed by atoms with Crippen LogP contribution in [0.2, 0.25) is 0 Å². The fraction of sp³-hybridized carbons (Fsp3) is 0.229. The number of pyridine rings is 1. The average Bonchev–Trinajstić information content (AvgIpc) is 3.07. The van der Waals surface area contributed by atoms with Gasteiger partial charge >= 0.3 is 0 Å². The van der Waals surface area contributed by atoms with E-state index in [1.807, 2.05) is 60.7 Å². The summed E-state index contributed by atoms with van der Waals surface area (Å²) in [6.45, 7) is 0.100. The van der Waals surface area contributed by atoms with E-state index in [2.05, 4.69) is 17.1 Å². The maximum absolute atomic E-state index is 13.9. The van der Waals surface area contributed by atoms with E-state index < -0.39 is 6.67 Å². The molecule has 44 heavy (non-hydrogen) atoms. The molecule has 1 atom stereocenters. The summed E-state index contributed by atoms with van der Waals surface area (Å²) >= 11 is 1.46. The molecule has 0 spiro atoms. The van der Waals surface area contributed by atoms with E-state index in [1.54, 1.807) is 43.2 Å². The maximum Gasteiger partial charge on any atom is 0.250 e. The van der Waals surface area contributed by atoms with Crippen molar-refractivity contribution in [3.8, 4) is 22.8 Å². The van der Waals surface area contributed by atoms with Gasteiger partial charge in [0.05, 0.1) is 44.9 Å². The molecule has 2 heterocycles. The quantitative estimate of drug-likeness (QED) is 0.0965. The zero-order valence-electron chi connectivity index (χ0n) is 24.7. The van der Waals surface area contributed by atoms with E-state index in [1.165, 1.54) is 17.8 Å². The van der Waals surface area contributed by atoms with Crippen molar-refractivity contribution in [2.45, 2.75) is 37.5 Å². The largest absolute Gasteiger partial charge is 0.493 e. The fourth-order valence-corrected chi connectivity index (χ4v) is 5.64. The van der Waals surface area contributed by atoms with Crippen LogP contribution < -0.4 is 15.0 Å². The highest BCUT2D eigenvalue weighted by Crippen LogP contribution is 2.29. The van der Waals surface area contributed by atoms with Crippen molar-refractivity contribution >= 4 is 11.8 Å². The number of nitrogens with zero attached hydrogens (tertiary/aromatic N) is 3. The van der Waals surface area contributed by atoms with Gasteiger partial charge in [0.2, 0.25) is 0 Å². The second kappa shape index (κ2) is 15.3. The van der Waals surface area contributed by atoms with Crippen LogP contribution in [0.25, 0.3) is 11.3 Å². The Morgan fingerprint density at radius 2 is 1.59 bits per heavy atom. The normalized spacial score (nSPS) is 11.7. The number of halogens is 1. The number of alkyl halides is 1. The Balaban J connectivity index is 1.32. The molecular weight excluding hydrogens is 577 g/mol. The van der Waals surface area contributed by atoms with Crippen LogP contribution in [-0.4, -0.2) is 34.5 Å². The van der Waals surface area contributed by atoms with Crippen LogP contribution in [0.3, 0.4) is 0 Å². The summed E-state index contributed by atoms with van der Waals surface area (Å²) in [4.78, 5) is 21.9. The summed E-state index contributed by atoms with van der Waals surface area (Å²) in [7, 11) is 3.15. The third-order valence-corrected chi connectivity index (χ3v) is 7.93. The van der Waals surface area contributed by atoms with Crippen molar-refractivity contribution in [1.82, 2.24) is 14.5 Å². The van der Waals surface area contributed by atoms with Gasteiger partial charge in [0.1, 0.15) is 6.67 Å². The van der Waals surface area contributed by atoms with Gasteiger partial charge in [-0.25, -0.2) is 14.4 Å². The minimum absolute atomic E-state index is 0.118. The molecule has 226 valence electrons. The Kier molecular flexibility index (Phi) is 10.8. The molecule has 9 heteroatoms. The zero-order valence-corrected chi connectivity index (χ0v) is 25.5. The maximum atomic E-state index is 13.9. The SMILES string of the molecule is COc1ccc(Cn2cc(-c3cc(CF)nc(SCCC(OCc4ccccc4)c4ccccc4)n3)ccc2=O)cc1OC. The Morgan fingerprint density at radius 3 is 2.32 bits per heavy atom. The first-order valence-corrected chi connectivity index (χ1v) is 15.2. The number of hydrogen-bond acceptors (Lipinski definition) is 7. The van der Waals surface area contributed by atoms with Crippen LogP contribution in [0.4, 0.5) is 4.39 Å². The third-order valence-electron chi connectivity index (χ3n) is 7.05. The number of methoxy groups -OCH3 is 2. The molecule has 5 aromatic rings. The molecule has 5 rings (SSSR count). The first kappa shape index (κ1) is 31.0. The molecule has 0 aliphatic heterocycles. The first-order valence-electron chi connectivity index (χ1n) is 14.2. The number of hydrogen-bond donors (Lipinski definition) is 0. The van der Waals surface area contributed by atoms with Gasteiger partial charge < -0.3 is 18.8 Å². The predicted molar refractivity (Wildman–Crippen MR) is 171 cm³/mol. The molecule has 0 saturated carbocycles. The molecule has 2 aromatic heterocycles. The molecule has 0 aliphatic carbocycles. The molecule has 0 bridgehead atoms. The predicted octanol–water partition coefficient (Wildman–Crippen LogP) is 7.28. The second-order valence-corrected chi connectivity index (χ2v) is 11.1. The highest BCUT2D eigenvalue weighted by Gasteiger charge is 2.15. The molecule has 0 fully saturated rings. The van der Waals surface area contributed by atoms with Gasteiger partial charge in [-0.05, 0) is 47.4 Å². The summed E-state index contributed by atoms with van der Waals surface area (Å²) < 4.78 is 32.6. The topological polar surface area (TPSA) is 75.5 Å². The highest BCUT2D eigenvalue weighted by atomic mass is 32.2. The van der Waals surface area contributed by atoms with Crippen molar-refractivity contribution < 1.29 is 18.6 Å². The molecule has 3 aromatic carbocycles. The molecule has 0 aliphatic rings. The van der Waals surface area contributed by atoms with Crippen LogP contribution in [0.5, 0.6) is 11.5 Å². The zero-order chi connectivity index (χ0) is 30.7. The number of thioether (sulfide) groups is 1. The standard InChI is InChI=1S/C35H34FN3O4S/c1-41-32-15-13-26(19-33(32)42-2)22-39-23-28(14-16-34(39)40)30-20-29(21-36)37-35(38-30)44-18-17-31(27-11-7-4-8-12-27)43-24-25-9-5-3-6-10-25/h3-16,19-20,23,31H,17-18,21-22,24H2,1-2H3. The number of ether oxygens (including phenoxy) is 3. The molecule has 0 amide bonds. The van der Waals surface area contributed by atoms with E-state index in [4.69, 9.17) is 19.2 Å². The summed E-state index contributed by atoms with van der Waals surface area (Å²) in [5.41, 5.74) is 4.44. The molecule has 0 N–H and O–H groups in total. The van der Waals surface area contributed by atoms with E-state index in [0.29, 0.717) is 46.8 Å². The van der Waals surface area contributed by atoms with Crippen LogP contribution in [0.15, 0.2) is 113 Å². The van der Waals surface area contributed by atoms with E-state index in [0.717, 1.165) is 23.1 Å². The minimum Gasteiger partial charge on any atom is -0.493 e. The molecule has 7 nitrogen and oxygen atoms in total. The Morgan fingerprint density at radius 1 is 0.841 bits per heavy atom. The summed E-state index contributed by atoms with van der Waals surface area (Å²) in [6.07, 6.45) is 2.34. The van der Waals surface area contributed by atoms with E-state index >= 15 is 0 Å². The number of benzene rings is 3. The van der Waals surface area contributed by atoms with Crippen molar-refractivity contribution in [3.05, 3.63) is 136 Å². The van der Waals surface area contributed by atoms with Gasteiger partial charge in [-0.2, -0.15) is 0 Å². The molecule has 0 radical (unpaired) electrons. The first-order chi connectivity index (χ1) is 21.6. The molecule has 1 unspecified atom stereocenters. The van der Waals surface area contributed by atoms with Crippen molar-refractivity contribution in [2.24, 2.45) is 0 Å². The average molecular weight is 612 g/mol. The van der Waals surface area contributed by atoms with Crippen LogP contribution in [0, 0.1) is 0 Å². The van der Waals surface area contributed by atoms with Crippen molar-refractivity contribution in [1.29, 1.82) is 0 Å². The van der Waals surface area contributed by atoms with Crippen LogP contribution in [0.1, 0.15) is 34.9 Å². The molecular formula is C35H34FN3O4S. The van der Waals surface area contributed by atoms with Gasteiger partial charge in [-0.15, -0.1) is 0 Å². The van der Waals surface area contributed by atoms with Gasteiger partial charge in [0.15, 0.2) is 16.7 Å². The van der Waals surface area contributed by atoms with E-state index in [9.17, 15) is 9.18 Å². The van der Waals surface area contributed by atoms with Gasteiger partial charge in [0, 0.05) is 23.6 Å². The third kappa shape index (κ3) is 8.12.